The summed E-state index contributed by atoms with van der Waals surface area (Å²) in [5.74, 6) is 0.757. The van der Waals surface area contributed by atoms with E-state index in [1.807, 2.05) is 0 Å². The first-order valence-electron chi connectivity index (χ1n) is 5.03. The molecule has 0 radical (unpaired) electrons. The van der Waals surface area contributed by atoms with Gasteiger partial charge in [-0.25, -0.2) is 4.98 Å². The van der Waals surface area contributed by atoms with Gasteiger partial charge in [-0.3, -0.25) is 4.79 Å². The van der Waals surface area contributed by atoms with Crippen molar-refractivity contribution in [2.24, 2.45) is 5.18 Å². The molecule has 0 unspecified atom stereocenters. The number of nitrogens with two attached hydrogens (primary N) is 1. The molecule has 2 aromatic rings. The van der Waals surface area contributed by atoms with Crippen LogP contribution in [0.5, 0.6) is 5.75 Å². The molecule has 1 aromatic heterocycles. The molecule has 0 saturated heterocycles. The van der Waals surface area contributed by atoms with Crippen LogP contribution in [0, 0.1) is 4.91 Å². The predicted molar refractivity (Wildman–Crippen MR) is 66.7 cm³/mol. The molecule has 18 heavy (non-hydrogen) atoms. The fraction of sp³-hybridized carbons (Fsp3) is 0.0909. The van der Waals surface area contributed by atoms with Crippen LogP contribution in [0.2, 0.25) is 0 Å². The van der Waals surface area contributed by atoms with Gasteiger partial charge in [-0.1, -0.05) is 0 Å². The van der Waals surface area contributed by atoms with Crippen LogP contribution in [-0.4, -0.2) is 17.1 Å². The normalized spacial score (nSPS) is 10.1. The number of nitrogens with one attached hydrogen (secondary N) is 1. The molecule has 0 aliphatic rings. The first-order valence-corrected chi connectivity index (χ1v) is 5.03. The summed E-state index contributed by atoms with van der Waals surface area (Å²) < 4.78 is 5.02. The number of methoxy groups -OCH3 is 1. The number of nitrogen functional groups attached to an aromatic ring is 1. The van der Waals surface area contributed by atoms with E-state index in [2.05, 4.69) is 15.1 Å². The van der Waals surface area contributed by atoms with Gasteiger partial charge >= 0.3 is 0 Å². The number of hydrogen-bond acceptors (Lipinski definition) is 6. The molecular weight excluding hydrogens is 236 g/mol. The van der Waals surface area contributed by atoms with E-state index in [4.69, 9.17) is 10.5 Å². The lowest BCUT2D eigenvalue weighted by Gasteiger charge is -2.04. The molecule has 0 fully saturated rings. The summed E-state index contributed by atoms with van der Waals surface area (Å²) in [6, 6.07) is 6.87. The third-order valence-electron chi connectivity index (χ3n) is 2.38. The molecule has 0 bridgehead atoms. The predicted octanol–water partition coefficient (Wildman–Crippen LogP) is 1.43. The zero-order chi connectivity index (χ0) is 13.1. The van der Waals surface area contributed by atoms with Gasteiger partial charge in [-0.15, -0.1) is 4.91 Å². The van der Waals surface area contributed by atoms with Crippen LogP contribution in [-0.2, 0) is 0 Å². The Labute approximate surface area is 102 Å². The van der Waals surface area contributed by atoms with Crippen molar-refractivity contribution < 1.29 is 4.74 Å². The number of hydrogen-bond donors (Lipinski definition) is 2. The van der Waals surface area contributed by atoms with Crippen molar-refractivity contribution in [1.29, 1.82) is 0 Å². The summed E-state index contributed by atoms with van der Waals surface area (Å²) in [6.45, 7) is 0. The molecule has 92 valence electrons. The highest BCUT2D eigenvalue weighted by Gasteiger charge is 2.10. The van der Waals surface area contributed by atoms with Gasteiger partial charge in [-0.2, -0.15) is 0 Å². The lowest BCUT2D eigenvalue weighted by Crippen LogP contribution is -2.11. The molecule has 0 spiro atoms. The Morgan fingerprint density at radius 1 is 1.33 bits per heavy atom. The highest BCUT2D eigenvalue weighted by Crippen LogP contribution is 2.21. The van der Waals surface area contributed by atoms with Gasteiger partial charge in [0.15, 0.2) is 5.82 Å². The van der Waals surface area contributed by atoms with E-state index in [-0.39, 0.29) is 11.6 Å². The zero-order valence-corrected chi connectivity index (χ0v) is 9.51. The molecule has 1 heterocycles. The largest absolute Gasteiger partial charge is 0.497 e. The summed E-state index contributed by atoms with van der Waals surface area (Å²) in [4.78, 5) is 28.2. The second-order valence-corrected chi connectivity index (χ2v) is 3.47. The van der Waals surface area contributed by atoms with E-state index in [1.165, 1.54) is 0 Å². The van der Waals surface area contributed by atoms with Crippen molar-refractivity contribution in [3.8, 4) is 17.1 Å². The van der Waals surface area contributed by atoms with Crippen molar-refractivity contribution in [2.75, 3.05) is 12.8 Å². The average molecular weight is 246 g/mol. The molecule has 0 aliphatic heterocycles. The summed E-state index contributed by atoms with van der Waals surface area (Å²) in [5.41, 5.74) is 5.05. The number of nitroso groups, excluding NO2 is 1. The molecule has 2 rings (SSSR count). The van der Waals surface area contributed by atoms with Crippen LogP contribution in [0.3, 0.4) is 0 Å². The highest BCUT2D eigenvalue weighted by atomic mass is 16.5. The van der Waals surface area contributed by atoms with Crippen LogP contribution in [0.25, 0.3) is 11.4 Å². The first kappa shape index (κ1) is 11.8. The molecule has 0 amide bonds. The Balaban J connectivity index is 2.51. The molecule has 7 nitrogen and oxygen atoms in total. The summed E-state index contributed by atoms with van der Waals surface area (Å²) in [6.07, 6.45) is 0. The van der Waals surface area contributed by atoms with Gasteiger partial charge in [0.25, 0.3) is 5.56 Å². The molecule has 0 saturated carbocycles. The van der Waals surface area contributed by atoms with Gasteiger partial charge in [0.05, 0.1) is 7.11 Å². The highest BCUT2D eigenvalue weighted by molar-refractivity contribution is 5.63. The maximum Gasteiger partial charge on any atom is 0.282 e. The fourth-order valence-corrected chi connectivity index (χ4v) is 1.46. The van der Waals surface area contributed by atoms with E-state index in [9.17, 15) is 9.70 Å². The number of aromatic nitrogens is 2. The monoisotopic (exact) mass is 246 g/mol. The Kier molecular flexibility index (Phi) is 3.05. The van der Waals surface area contributed by atoms with Crippen molar-refractivity contribution in [3.63, 3.8) is 0 Å². The second-order valence-electron chi connectivity index (χ2n) is 3.47. The topological polar surface area (TPSA) is 110 Å². The third kappa shape index (κ3) is 2.05. The summed E-state index contributed by atoms with van der Waals surface area (Å²) in [7, 11) is 1.55. The molecule has 0 aliphatic carbocycles. The number of ether oxygens (including phenoxy) is 1. The second kappa shape index (κ2) is 4.66. The standard InChI is InChI=1S/C11H10N4O3/c1-18-7-4-2-6(3-5-7)10-13-9(12)8(15-17)11(16)14-10/h2-5H,1H3,(H3,12,13,14,16). The van der Waals surface area contributed by atoms with Crippen LogP contribution in [0.4, 0.5) is 11.5 Å². The Morgan fingerprint density at radius 2 is 2.00 bits per heavy atom. The number of nitrogens with zero attached hydrogens (tertiary/aromatic N) is 2. The van der Waals surface area contributed by atoms with Gasteiger partial charge in [0, 0.05) is 5.56 Å². The minimum absolute atomic E-state index is 0.195. The molecule has 1 aromatic carbocycles. The molecular formula is C11H10N4O3. The van der Waals surface area contributed by atoms with Crippen molar-refractivity contribution in [1.82, 2.24) is 9.97 Å². The average Bonchev–Trinajstić information content (AvgIpc) is 2.38. The maximum absolute atomic E-state index is 11.5. The lowest BCUT2D eigenvalue weighted by atomic mass is 10.2. The summed E-state index contributed by atoms with van der Waals surface area (Å²) >= 11 is 0. The van der Waals surface area contributed by atoms with E-state index in [0.717, 1.165) is 0 Å². The van der Waals surface area contributed by atoms with Crippen LogP contribution >= 0.6 is 0 Å². The smallest absolute Gasteiger partial charge is 0.282 e. The number of H-pyrrole nitrogens is 1. The minimum Gasteiger partial charge on any atom is -0.497 e. The number of benzene rings is 1. The van der Waals surface area contributed by atoms with Gasteiger partial charge in [-0.05, 0) is 29.4 Å². The minimum atomic E-state index is -0.664. The molecule has 7 heteroatoms. The van der Waals surface area contributed by atoms with Crippen molar-refractivity contribution in [2.45, 2.75) is 0 Å². The van der Waals surface area contributed by atoms with Gasteiger partial charge in [0.2, 0.25) is 5.69 Å². The number of anilines is 1. The quantitative estimate of drug-likeness (QED) is 0.796. The van der Waals surface area contributed by atoms with Crippen LogP contribution in [0.1, 0.15) is 0 Å². The van der Waals surface area contributed by atoms with E-state index in [0.29, 0.717) is 11.3 Å². The fourth-order valence-electron chi connectivity index (χ4n) is 1.46. The first-order chi connectivity index (χ1) is 8.65. The third-order valence-corrected chi connectivity index (χ3v) is 2.38. The van der Waals surface area contributed by atoms with Gasteiger partial charge < -0.3 is 15.5 Å². The molecule has 0 atom stereocenters. The Bertz CT molecular complexity index is 634. The zero-order valence-electron chi connectivity index (χ0n) is 9.51. The Hall–Kier alpha value is -2.70. The number of rotatable bonds is 3. The van der Waals surface area contributed by atoms with E-state index < -0.39 is 11.2 Å². The number of aromatic amines is 1. The van der Waals surface area contributed by atoms with Crippen molar-refractivity contribution in [3.05, 3.63) is 39.5 Å². The molecule has 3 N–H and O–H groups in total. The van der Waals surface area contributed by atoms with Crippen LogP contribution in [0.15, 0.2) is 34.2 Å². The Morgan fingerprint density at radius 3 is 2.50 bits per heavy atom. The lowest BCUT2D eigenvalue weighted by molar-refractivity contribution is 0.415. The SMILES string of the molecule is COc1ccc(-c2nc(N)c(N=O)c(=O)[nH]2)cc1. The van der Waals surface area contributed by atoms with Crippen LogP contribution < -0.4 is 16.0 Å². The van der Waals surface area contributed by atoms with Gasteiger partial charge in [0.1, 0.15) is 11.6 Å². The van der Waals surface area contributed by atoms with E-state index >= 15 is 0 Å². The van der Waals surface area contributed by atoms with E-state index in [1.54, 1.807) is 31.4 Å². The maximum atomic E-state index is 11.5. The summed E-state index contributed by atoms with van der Waals surface area (Å²) in [5, 5.41) is 2.53. The van der Waals surface area contributed by atoms with Crippen molar-refractivity contribution >= 4 is 11.5 Å².